The van der Waals surface area contributed by atoms with Gasteiger partial charge < -0.3 is 4.74 Å². The van der Waals surface area contributed by atoms with E-state index in [1.54, 1.807) is 0 Å². The van der Waals surface area contributed by atoms with E-state index < -0.39 is 0 Å². The molecule has 0 bridgehead atoms. The first-order chi connectivity index (χ1) is 32.5. The standard InChI is InChI=1S/C56H56O2S8/c1-3-5-7-9-11-16-21-39-35-52(65-54(39)49-31-28-42(62-49)41-23-18-34-59-41)47-26-24-43(60-47)45-29-32-50(63-45)55-40(22-17-12-10-8-6-4-2)36-53(66-55)48-27-25-44(61-48)46-30-33-51(64-46)56(57)58-37-38-19-14-13-15-20-38/h13-15,18-20,23-36H,3-12,16-17,21-22,37H2,1-2H3. The lowest BCUT2D eigenvalue weighted by atomic mass is 10.0. The van der Waals surface area contributed by atoms with Crippen LogP contribution in [-0.2, 0) is 24.2 Å². The van der Waals surface area contributed by atoms with Gasteiger partial charge in [-0.3, -0.25) is 0 Å². The Hall–Kier alpha value is -3.71. The van der Waals surface area contributed by atoms with Crippen LogP contribution in [0, 0.1) is 0 Å². The fraction of sp³-hybridized carbons (Fsp3) is 0.304. The maximum Gasteiger partial charge on any atom is 0.348 e. The minimum absolute atomic E-state index is 0.269. The zero-order valence-electron chi connectivity index (χ0n) is 37.7. The molecular formula is C56H56O2S8. The van der Waals surface area contributed by atoms with Crippen LogP contribution in [0.4, 0.5) is 0 Å². The van der Waals surface area contributed by atoms with Crippen LogP contribution < -0.4 is 0 Å². The predicted molar refractivity (Wildman–Crippen MR) is 297 cm³/mol. The first kappa shape index (κ1) is 47.4. The summed E-state index contributed by atoms with van der Waals surface area (Å²) in [6.07, 6.45) is 17.9. The quantitative estimate of drug-likeness (QED) is 0.0445. The number of hydrogen-bond acceptors (Lipinski definition) is 10. The van der Waals surface area contributed by atoms with Crippen molar-refractivity contribution in [2.24, 2.45) is 0 Å². The molecule has 0 spiro atoms. The molecule has 9 aromatic rings. The summed E-state index contributed by atoms with van der Waals surface area (Å²) in [5, 5.41) is 2.18. The van der Waals surface area contributed by atoms with Gasteiger partial charge in [0.15, 0.2) is 0 Å². The monoisotopic (exact) mass is 1020 g/mol. The molecule has 8 aromatic heterocycles. The Bertz CT molecular complexity index is 2890. The number of thiophene rings is 8. The largest absolute Gasteiger partial charge is 0.457 e. The number of rotatable bonds is 24. The fourth-order valence-electron chi connectivity index (χ4n) is 8.26. The maximum absolute atomic E-state index is 12.9. The zero-order valence-corrected chi connectivity index (χ0v) is 44.3. The van der Waals surface area contributed by atoms with Crippen LogP contribution in [0.2, 0.25) is 0 Å². The molecule has 0 atom stereocenters. The summed E-state index contributed by atoms with van der Waals surface area (Å²) < 4.78 is 5.64. The van der Waals surface area contributed by atoms with E-state index in [1.807, 2.05) is 116 Å². The summed E-state index contributed by atoms with van der Waals surface area (Å²) in [4.78, 5) is 32.3. The molecule has 0 N–H and O–H groups in total. The molecule has 0 radical (unpaired) electrons. The summed E-state index contributed by atoms with van der Waals surface area (Å²) in [5.74, 6) is -0.269. The van der Waals surface area contributed by atoms with E-state index in [0.29, 0.717) is 4.88 Å². The van der Waals surface area contributed by atoms with Crippen LogP contribution >= 0.6 is 90.7 Å². The van der Waals surface area contributed by atoms with E-state index in [4.69, 9.17) is 4.74 Å². The minimum atomic E-state index is -0.269. The lowest BCUT2D eigenvalue weighted by Crippen LogP contribution is -2.02. The van der Waals surface area contributed by atoms with Crippen molar-refractivity contribution >= 4 is 96.7 Å². The third-order valence-electron chi connectivity index (χ3n) is 11.8. The summed E-state index contributed by atoms with van der Waals surface area (Å²) in [5.41, 5.74) is 3.98. The van der Waals surface area contributed by atoms with Crippen molar-refractivity contribution in [2.45, 2.75) is 110 Å². The van der Waals surface area contributed by atoms with Gasteiger partial charge in [-0.25, -0.2) is 4.79 Å². The number of hydrogen-bond donors (Lipinski definition) is 0. The van der Waals surface area contributed by atoms with E-state index in [1.165, 1.54) is 163 Å². The average molecular weight is 1020 g/mol. The molecule has 9 rings (SSSR count). The highest BCUT2D eigenvalue weighted by molar-refractivity contribution is 7.31. The molecule has 2 nitrogen and oxygen atoms in total. The van der Waals surface area contributed by atoms with E-state index in [9.17, 15) is 4.79 Å². The topological polar surface area (TPSA) is 26.3 Å². The van der Waals surface area contributed by atoms with Gasteiger partial charge in [-0.05, 0) is 127 Å². The first-order valence-corrected chi connectivity index (χ1v) is 30.1. The lowest BCUT2D eigenvalue weighted by Gasteiger charge is -2.03. The van der Waals surface area contributed by atoms with Crippen LogP contribution in [0.25, 0.3) is 68.3 Å². The number of esters is 1. The third kappa shape index (κ3) is 11.9. The Morgan fingerprint density at radius 2 is 0.848 bits per heavy atom. The van der Waals surface area contributed by atoms with Crippen molar-refractivity contribution in [3.8, 4) is 68.3 Å². The smallest absolute Gasteiger partial charge is 0.348 e. The summed E-state index contributed by atoms with van der Waals surface area (Å²) in [7, 11) is 0. The van der Waals surface area contributed by atoms with Gasteiger partial charge in [0.1, 0.15) is 11.5 Å². The molecule has 0 fully saturated rings. The van der Waals surface area contributed by atoms with Crippen molar-refractivity contribution in [3.63, 3.8) is 0 Å². The van der Waals surface area contributed by atoms with Crippen molar-refractivity contribution < 1.29 is 9.53 Å². The second-order valence-corrected chi connectivity index (χ2v) is 25.3. The van der Waals surface area contributed by atoms with Gasteiger partial charge in [-0.2, -0.15) is 0 Å². The second-order valence-electron chi connectivity index (χ2n) is 16.8. The number of carbonyl (C=O) groups is 1. The van der Waals surface area contributed by atoms with Crippen molar-refractivity contribution in [1.82, 2.24) is 0 Å². The molecular weight excluding hydrogens is 961 g/mol. The van der Waals surface area contributed by atoms with Gasteiger partial charge in [-0.1, -0.05) is 114 Å². The fourth-order valence-corrected chi connectivity index (χ4v) is 17.1. The van der Waals surface area contributed by atoms with Gasteiger partial charge in [0.05, 0.1) is 0 Å². The van der Waals surface area contributed by atoms with Gasteiger partial charge in [0, 0.05) is 68.3 Å². The summed E-state index contributed by atoms with van der Waals surface area (Å²) in [6, 6.07) is 41.8. The number of unbranched alkanes of at least 4 members (excludes halogenated alkanes) is 10. The predicted octanol–water partition coefficient (Wildman–Crippen LogP) is 21.0. The van der Waals surface area contributed by atoms with Gasteiger partial charge in [0.2, 0.25) is 0 Å². The minimum Gasteiger partial charge on any atom is -0.457 e. The highest BCUT2D eigenvalue weighted by Crippen LogP contribution is 2.50. The SMILES string of the molecule is CCCCCCCCc1cc(-c2ccc(-c3ccc(-c4sc(-c5ccc(-c6ccc(C(=O)OCc7ccccc7)s6)s5)cc4CCCCCCCC)s3)s2)sc1-c1ccc(-c2cccs2)s1. The molecule has 66 heavy (non-hydrogen) atoms. The maximum atomic E-state index is 12.9. The molecule has 340 valence electrons. The highest BCUT2D eigenvalue weighted by atomic mass is 32.1. The first-order valence-electron chi connectivity index (χ1n) is 23.5. The Kier molecular flexibility index (Phi) is 16.9. The number of aryl methyl sites for hydroxylation is 2. The van der Waals surface area contributed by atoms with Gasteiger partial charge in [-0.15, -0.1) is 90.7 Å². The van der Waals surface area contributed by atoms with Crippen LogP contribution in [0.1, 0.15) is 117 Å². The molecule has 0 aliphatic rings. The van der Waals surface area contributed by atoms with Crippen LogP contribution in [0.5, 0.6) is 0 Å². The van der Waals surface area contributed by atoms with E-state index in [0.717, 1.165) is 23.3 Å². The van der Waals surface area contributed by atoms with Crippen molar-refractivity contribution in [2.75, 3.05) is 0 Å². The molecule has 0 aliphatic carbocycles. The zero-order chi connectivity index (χ0) is 45.1. The molecule has 0 unspecified atom stereocenters. The van der Waals surface area contributed by atoms with Crippen molar-refractivity contribution in [1.29, 1.82) is 0 Å². The number of benzene rings is 1. The Morgan fingerprint density at radius 3 is 1.36 bits per heavy atom. The Balaban J connectivity index is 0.931. The Morgan fingerprint density at radius 1 is 0.409 bits per heavy atom. The van der Waals surface area contributed by atoms with E-state index in [-0.39, 0.29) is 12.6 Å². The average Bonchev–Trinajstić information content (AvgIpc) is 4.19. The summed E-state index contributed by atoms with van der Waals surface area (Å²) in [6.45, 7) is 4.87. The third-order valence-corrected chi connectivity index (χ3v) is 21.8. The molecule has 0 amide bonds. The van der Waals surface area contributed by atoms with E-state index >= 15 is 0 Å². The second kappa shape index (κ2) is 23.5. The van der Waals surface area contributed by atoms with Gasteiger partial charge >= 0.3 is 5.97 Å². The molecule has 1 aromatic carbocycles. The number of carbonyl (C=O) groups excluding carboxylic acids is 1. The summed E-state index contributed by atoms with van der Waals surface area (Å²) >= 11 is 14.9. The normalized spacial score (nSPS) is 11.5. The number of ether oxygens (including phenoxy) is 1. The highest BCUT2D eigenvalue weighted by Gasteiger charge is 2.20. The molecule has 10 heteroatoms. The molecule has 0 saturated carbocycles. The molecule has 0 saturated heterocycles. The lowest BCUT2D eigenvalue weighted by molar-refractivity contribution is 0.0478. The van der Waals surface area contributed by atoms with Gasteiger partial charge in [0.25, 0.3) is 0 Å². The molecule has 8 heterocycles. The van der Waals surface area contributed by atoms with E-state index in [2.05, 4.69) is 98.1 Å². The molecule has 0 aliphatic heterocycles. The van der Waals surface area contributed by atoms with Crippen LogP contribution in [0.3, 0.4) is 0 Å². The van der Waals surface area contributed by atoms with Crippen molar-refractivity contribution in [3.05, 3.63) is 142 Å². The Labute approximate surface area is 423 Å². The van der Waals surface area contributed by atoms with Crippen LogP contribution in [0.15, 0.2) is 121 Å². The van der Waals surface area contributed by atoms with Crippen LogP contribution in [-0.4, -0.2) is 5.97 Å².